The zero-order chi connectivity index (χ0) is 16.6. The van der Waals surface area contributed by atoms with Gasteiger partial charge in [-0.3, -0.25) is 15.0 Å². The van der Waals surface area contributed by atoms with E-state index in [2.05, 4.69) is 36.3 Å². The molecule has 0 saturated carbocycles. The van der Waals surface area contributed by atoms with Crippen LogP contribution in [0.15, 0.2) is 21.1 Å². The van der Waals surface area contributed by atoms with Crippen molar-refractivity contribution in [2.24, 2.45) is 0 Å². The summed E-state index contributed by atoms with van der Waals surface area (Å²) in [6.07, 6.45) is 0. The second-order valence-corrected chi connectivity index (χ2v) is 5.99. The molecule has 1 aromatic heterocycles. The van der Waals surface area contributed by atoms with E-state index in [1.54, 1.807) is 0 Å². The van der Waals surface area contributed by atoms with Gasteiger partial charge in [-0.25, -0.2) is 4.39 Å². The normalized spacial score (nSPS) is 19.0. The lowest BCUT2D eigenvalue weighted by Gasteiger charge is -2.30. The van der Waals surface area contributed by atoms with E-state index < -0.39 is 16.4 Å². The Labute approximate surface area is 138 Å². The lowest BCUT2D eigenvalue weighted by Crippen LogP contribution is -2.44. The molecule has 8 nitrogen and oxygen atoms in total. The molecule has 122 valence electrons. The van der Waals surface area contributed by atoms with E-state index in [0.717, 1.165) is 25.2 Å². The van der Waals surface area contributed by atoms with Gasteiger partial charge in [-0.05, 0) is 29.0 Å². The first kappa shape index (κ1) is 16.0. The number of nitrogens with one attached hydrogen (secondary N) is 1. The summed E-state index contributed by atoms with van der Waals surface area (Å²) in [5, 5.41) is 18.1. The van der Waals surface area contributed by atoms with E-state index in [9.17, 15) is 14.5 Å². The maximum absolute atomic E-state index is 13.6. The van der Waals surface area contributed by atoms with Crippen LogP contribution in [0.2, 0.25) is 0 Å². The Bertz CT molecular complexity index is 753. The highest BCUT2D eigenvalue weighted by atomic mass is 79.9. The zero-order valence-corrected chi connectivity index (χ0v) is 13.7. The predicted molar refractivity (Wildman–Crippen MR) is 82.3 cm³/mol. The van der Waals surface area contributed by atoms with Crippen molar-refractivity contribution < 1.29 is 13.8 Å². The molecule has 1 saturated heterocycles. The predicted octanol–water partition coefficient (Wildman–Crippen LogP) is 2.12. The Morgan fingerprint density at radius 1 is 1.57 bits per heavy atom. The zero-order valence-electron chi connectivity index (χ0n) is 12.1. The van der Waals surface area contributed by atoms with Crippen LogP contribution in [0.3, 0.4) is 0 Å². The highest BCUT2D eigenvalue weighted by molar-refractivity contribution is 9.10. The fourth-order valence-corrected chi connectivity index (χ4v) is 2.98. The van der Waals surface area contributed by atoms with Crippen LogP contribution in [0.25, 0.3) is 11.5 Å². The minimum atomic E-state index is -0.744. The first-order valence-electron chi connectivity index (χ1n) is 6.85. The van der Waals surface area contributed by atoms with Crippen LogP contribution in [0.1, 0.15) is 11.9 Å². The molecule has 0 radical (unpaired) electrons. The summed E-state index contributed by atoms with van der Waals surface area (Å²) >= 11 is 3.11. The molecule has 0 aliphatic carbocycles. The number of aromatic nitrogens is 2. The quantitative estimate of drug-likeness (QED) is 0.638. The van der Waals surface area contributed by atoms with Crippen molar-refractivity contribution in [1.29, 1.82) is 0 Å². The topological polar surface area (TPSA) is 97.3 Å². The summed E-state index contributed by atoms with van der Waals surface area (Å²) in [4.78, 5) is 16.7. The van der Waals surface area contributed by atoms with Crippen LogP contribution < -0.4 is 5.32 Å². The molecule has 2 heterocycles. The van der Waals surface area contributed by atoms with Gasteiger partial charge in [0.25, 0.3) is 11.6 Å². The third-order valence-electron chi connectivity index (χ3n) is 3.70. The van der Waals surface area contributed by atoms with Gasteiger partial charge in [0.15, 0.2) is 5.82 Å². The van der Waals surface area contributed by atoms with Crippen molar-refractivity contribution in [3.63, 3.8) is 0 Å². The molecule has 10 heteroatoms. The fourth-order valence-electron chi connectivity index (χ4n) is 2.44. The van der Waals surface area contributed by atoms with Crippen LogP contribution in [-0.2, 0) is 0 Å². The van der Waals surface area contributed by atoms with Gasteiger partial charge in [0, 0.05) is 19.6 Å². The summed E-state index contributed by atoms with van der Waals surface area (Å²) in [5.74, 6) is -0.256. The first-order chi connectivity index (χ1) is 11.0. The molecule has 3 rings (SSSR count). The second-order valence-electron chi connectivity index (χ2n) is 5.20. The third-order valence-corrected chi connectivity index (χ3v) is 4.53. The number of piperazine rings is 1. The van der Waals surface area contributed by atoms with Crippen LogP contribution in [0, 0.1) is 15.9 Å². The van der Waals surface area contributed by atoms with Crippen LogP contribution in [0.4, 0.5) is 10.1 Å². The third kappa shape index (κ3) is 3.09. The Balaban J connectivity index is 1.99. The van der Waals surface area contributed by atoms with Crippen LogP contribution in [0.5, 0.6) is 0 Å². The maximum atomic E-state index is 13.6. The molecule has 0 bridgehead atoms. The molecular weight excluding hydrogens is 373 g/mol. The molecule has 2 aromatic rings. The molecule has 0 amide bonds. The maximum Gasteiger partial charge on any atom is 0.287 e. The second kappa shape index (κ2) is 6.30. The summed E-state index contributed by atoms with van der Waals surface area (Å²) < 4.78 is 18.9. The van der Waals surface area contributed by atoms with Gasteiger partial charge in [-0.15, -0.1) is 0 Å². The Kier molecular flexibility index (Phi) is 4.37. The molecular formula is C13H13BrFN5O3. The summed E-state index contributed by atoms with van der Waals surface area (Å²) in [5.41, 5.74) is -0.238. The summed E-state index contributed by atoms with van der Waals surface area (Å²) in [6.45, 7) is 2.38. The number of halogens is 2. The van der Waals surface area contributed by atoms with E-state index in [1.165, 1.54) is 0 Å². The number of nitro benzene ring substituents is 1. The SMILES string of the molecule is CN1CCNCC1c1noc(-c2cc(F)cc([N+](=O)[O-])c2Br)n1. The van der Waals surface area contributed by atoms with Crippen molar-refractivity contribution in [3.05, 3.63) is 38.4 Å². The summed E-state index contributed by atoms with van der Waals surface area (Å²) in [6, 6.07) is 1.89. The number of likely N-dealkylation sites (N-methyl/N-ethyl adjacent to an activating group) is 1. The molecule has 1 aliphatic heterocycles. The van der Waals surface area contributed by atoms with Gasteiger partial charge < -0.3 is 9.84 Å². The largest absolute Gasteiger partial charge is 0.334 e. The fraction of sp³-hybridized carbons (Fsp3) is 0.385. The van der Waals surface area contributed by atoms with Gasteiger partial charge in [0.2, 0.25) is 0 Å². The van der Waals surface area contributed by atoms with Crippen molar-refractivity contribution in [2.75, 3.05) is 26.7 Å². The van der Waals surface area contributed by atoms with Crippen LogP contribution >= 0.6 is 15.9 Å². The Hall–Kier alpha value is -1.91. The lowest BCUT2D eigenvalue weighted by atomic mass is 10.2. The van der Waals surface area contributed by atoms with E-state index in [4.69, 9.17) is 4.52 Å². The van der Waals surface area contributed by atoms with Gasteiger partial charge in [-0.1, -0.05) is 5.16 Å². The van der Waals surface area contributed by atoms with Gasteiger partial charge in [-0.2, -0.15) is 4.98 Å². The standard InChI is InChI=1S/C13H13BrFN5O3/c1-19-3-2-16-6-10(19)12-17-13(23-18-12)8-4-7(15)5-9(11(8)14)20(21)22/h4-5,10,16H,2-3,6H2,1H3. The van der Waals surface area contributed by atoms with Crippen molar-refractivity contribution in [3.8, 4) is 11.5 Å². The van der Waals surface area contributed by atoms with E-state index in [0.29, 0.717) is 12.4 Å². The van der Waals surface area contributed by atoms with Crippen molar-refractivity contribution in [1.82, 2.24) is 20.4 Å². The van der Waals surface area contributed by atoms with Crippen LogP contribution in [-0.4, -0.2) is 46.6 Å². The first-order valence-corrected chi connectivity index (χ1v) is 7.65. The molecule has 1 N–H and O–H groups in total. The van der Waals surface area contributed by atoms with Crippen molar-refractivity contribution in [2.45, 2.75) is 6.04 Å². The van der Waals surface area contributed by atoms with Crippen molar-refractivity contribution >= 4 is 21.6 Å². The monoisotopic (exact) mass is 385 g/mol. The number of nitro groups is 1. The Morgan fingerprint density at radius 2 is 2.35 bits per heavy atom. The molecule has 1 aromatic carbocycles. The molecule has 1 aliphatic rings. The van der Waals surface area contributed by atoms with E-state index in [1.807, 2.05) is 7.05 Å². The van der Waals surface area contributed by atoms with Gasteiger partial charge in [0.05, 0.1) is 22.6 Å². The molecule has 23 heavy (non-hydrogen) atoms. The Morgan fingerprint density at radius 3 is 3.04 bits per heavy atom. The number of hydrogen-bond acceptors (Lipinski definition) is 7. The van der Waals surface area contributed by atoms with E-state index in [-0.39, 0.29) is 22.0 Å². The molecule has 1 atom stereocenters. The van der Waals surface area contributed by atoms with E-state index >= 15 is 0 Å². The average Bonchev–Trinajstić information content (AvgIpc) is 2.99. The molecule has 1 fully saturated rings. The summed E-state index contributed by atoms with van der Waals surface area (Å²) in [7, 11) is 1.95. The minimum Gasteiger partial charge on any atom is -0.334 e. The smallest absolute Gasteiger partial charge is 0.287 e. The highest BCUT2D eigenvalue weighted by Gasteiger charge is 2.27. The number of hydrogen-bond donors (Lipinski definition) is 1. The number of nitrogens with zero attached hydrogens (tertiary/aromatic N) is 4. The number of rotatable bonds is 3. The lowest BCUT2D eigenvalue weighted by molar-refractivity contribution is -0.385. The number of benzene rings is 1. The molecule has 0 spiro atoms. The minimum absolute atomic E-state index is 0.0356. The molecule has 1 unspecified atom stereocenters. The van der Waals surface area contributed by atoms with Gasteiger partial charge in [0.1, 0.15) is 10.3 Å². The average molecular weight is 386 g/mol. The van der Waals surface area contributed by atoms with Gasteiger partial charge >= 0.3 is 0 Å². The highest BCUT2D eigenvalue weighted by Crippen LogP contribution is 2.36.